The summed E-state index contributed by atoms with van der Waals surface area (Å²) in [5, 5.41) is 9.23. The summed E-state index contributed by atoms with van der Waals surface area (Å²) in [4.78, 5) is 23.0. The number of hydrogen-bond acceptors (Lipinski definition) is 4. The molecule has 1 heterocycles. The van der Waals surface area contributed by atoms with E-state index >= 15 is 0 Å². The Hall–Kier alpha value is -1.10. The van der Waals surface area contributed by atoms with E-state index in [1.165, 1.54) is 6.92 Å². The summed E-state index contributed by atoms with van der Waals surface area (Å²) in [6.07, 6.45) is 1.47. The van der Waals surface area contributed by atoms with Crippen molar-refractivity contribution in [2.45, 2.75) is 26.7 Å². The van der Waals surface area contributed by atoms with E-state index in [0.29, 0.717) is 19.6 Å². The van der Waals surface area contributed by atoms with Crippen LogP contribution in [0, 0.1) is 11.3 Å². The number of aliphatic carboxylic acids is 1. The maximum Gasteiger partial charge on any atom is 0.323 e. The molecule has 1 saturated heterocycles. The van der Waals surface area contributed by atoms with E-state index in [0.717, 1.165) is 6.42 Å². The molecule has 1 rings (SSSR count). The first kappa shape index (κ1) is 13.0. The minimum absolute atomic E-state index is 0.190. The second-order valence-corrected chi connectivity index (χ2v) is 4.14. The molecule has 1 aliphatic rings. The molecule has 2 atom stereocenters. The van der Waals surface area contributed by atoms with Crippen LogP contribution < -0.4 is 0 Å². The van der Waals surface area contributed by atoms with Crippen LogP contribution in [-0.4, -0.2) is 36.9 Å². The van der Waals surface area contributed by atoms with Crippen LogP contribution in [0.3, 0.4) is 0 Å². The first-order valence-corrected chi connectivity index (χ1v) is 5.51. The maximum atomic E-state index is 11.7. The smallest absolute Gasteiger partial charge is 0.323 e. The highest BCUT2D eigenvalue weighted by Gasteiger charge is 2.50. The fourth-order valence-corrected chi connectivity index (χ4v) is 1.91. The molecule has 0 amide bonds. The van der Waals surface area contributed by atoms with Gasteiger partial charge >= 0.3 is 11.9 Å². The predicted octanol–water partition coefficient (Wildman–Crippen LogP) is 1.07. The molecule has 92 valence electrons. The van der Waals surface area contributed by atoms with E-state index in [9.17, 15) is 14.7 Å². The monoisotopic (exact) mass is 230 g/mol. The summed E-state index contributed by atoms with van der Waals surface area (Å²) < 4.78 is 10.1. The van der Waals surface area contributed by atoms with Crippen molar-refractivity contribution in [2.75, 3.05) is 19.8 Å². The molecule has 0 radical (unpaired) electrons. The van der Waals surface area contributed by atoms with Gasteiger partial charge in [0.05, 0.1) is 13.2 Å². The number of carbonyl (C=O) groups is 2. The maximum absolute atomic E-state index is 11.7. The SMILES string of the molecule is CCOC(=O)C(C)(C(=O)O)C1CCCOC1. The van der Waals surface area contributed by atoms with E-state index in [-0.39, 0.29) is 12.5 Å². The van der Waals surface area contributed by atoms with Gasteiger partial charge in [0.15, 0.2) is 5.41 Å². The topological polar surface area (TPSA) is 72.8 Å². The minimum Gasteiger partial charge on any atom is -0.480 e. The Labute approximate surface area is 94.7 Å². The summed E-state index contributed by atoms with van der Waals surface area (Å²) >= 11 is 0. The van der Waals surface area contributed by atoms with E-state index in [4.69, 9.17) is 9.47 Å². The first-order valence-electron chi connectivity index (χ1n) is 5.51. The number of carboxylic acid groups (broad SMARTS) is 1. The molecule has 16 heavy (non-hydrogen) atoms. The standard InChI is InChI=1S/C11H18O5/c1-3-16-10(14)11(2,9(12)13)8-5-4-6-15-7-8/h8H,3-7H2,1-2H3,(H,12,13). The van der Waals surface area contributed by atoms with Crippen molar-refractivity contribution in [3.05, 3.63) is 0 Å². The van der Waals surface area contributed by atoms with Crippen LogP contribution in [0.4, 0.5) is 0 Å². The summed E-state index contributed by atoms with van der Waals surface area (Å²) in [7, 11) is 0. The van der Waals surface area contributed by atoms with Gasteiger partial charge in [-0.05, 0) is 26.7 Å². The normalized spacial score (nSPS) is 24.5. The fraction of sp³-hybridized carbons (Fsp3) is 0.818. The van der Waals surface area contributed by atoms with E-state index in [2.05, 4.69) is 0 Å². The second kappa shape index (κ2) is 5.30. The third-order valence-electron chi connectivity index (χ3n) is 3.12. The van der Waals surface area contributed by atoms with E-state index < -0.39 is 17.4 Å². The average Bonchev–Trinajstić information content (AvgIpc) is 2.29. The average molecular weight is 230 g/mol. The number of carbonyl (C=O) groups excluding carboxylic acids is 1. The number of rotatable bonds is 4. The Bertz CT molecular complexity index is 270. The molecule has 0 aromatic heterocycles. The third kappa shape index (κ3) is 2.35. The Morgan fingerprint density at radius 3 is 2.69 bits per heavy atom. The summed E-state index contributed by atoms with van der Waals surface area (Å²) in [6.45, 7) is 4.22. The highest BCUT2D eigenvalue weighted by Crippen LogP contribution is 2.35. The quantitative estimate of drug-likeness (QED) is 0.577. The lowest BCUT2D eigenvalue weighted by atomic mass is 9.74. The van der Waals surface area contributed by atoms with Gasteiger partial charge < -0.3 is 14.6 Å². The highest BCUT2D eigenvalue weighted by molar-refractivity contribution is 5.99. The van der Waals surface area contributed by atoms with E-state index in [1.54, 1.807) is 6.92 Å². The Morgan fingerprint density at radius 2 is 2.25 bits per heavy atom. The van der Waals surface area contributed by atoms with Gasteiger partial charge in [-0.25, -0.2) is 0 Å². The molecule has 0 saturated carbocycles. The van der Waals surface area contributed by atoms with Crippen molar-refractivity contribution in [3.63, 3.8) is 0 Å². The van der Waals surface area contributed by atoms with Gasteiger partial charge in [0.2, 0.25) is 0 Å². The Kier molecular flexibility index (Phi) is 4.29. The molecule has 0 spiro atoms. The molecule has 0 aromatic carbocycles. The molecular weight excluding hydrogens is 212 g/mol. The second-order valence-electron chi connectivity index (χ2n) is 4.14. The van der Waals surface area contributed by atoms with Crippen LogP contribution in [0.5, 0.6) is 0 Å². The molecule has 5 heteroatoms. The Morgan fingerprint density at radius 1 is 1.56 bits per heavy atom. The Balaban J connectivity index is 2.85. The lowest BCUT2D eigenvalue weighted by Gasteiger charge is -2.33. The largest absolute Gasteiger partial charge is 0.480 e. The number of esters is 1. The molecule has 1 aliphatic heterocycles. The van der Waals surface area contributed by atoms with Gasteiger partial charge in [-0.1, -0.05) is 0 Å². The lowest BCUT2D eigenvalue weighted by Crippen LogP contribution is -2.47. The molecule has 2 unspecified atom stereocenters. The lowest BCUT2D eigenvalue weighted by molar-refractivity contribution is -0.175. The van der Waals surface area contributed by atoms with E-state index in [1.807, 2.05) is 0 Å². The first-order chi connectivity index (χ1) is 7.53. The molecule has 0 bridgehead atoms. The van der Waals surface area contributed by atoms with Gasteiger partial charge in [-0.3, -0.25) is 9.59 Å². The highest BCUT2D eigenvalue weighted by atomic mass is 16.5. The van der Waals surface area contributed by atoms with Gasteiger partial charge in [-0.2, -0.15) is 0 Å². The zero-order valence-electron chi connectivity index (χ0n) is 9.69. The van der Waals surface area contributed by atoms with Crippen LogP contribution in [0.15, 0.2) is 0 Å². The zero-order valence-corrected chi connectivity index (χ0v) is 9.69. The molecule has 1 fully saturated rings. The molecule has 5 nitrogen and oxygen atoms in total. The van der Waals surface area contributed by atoms with Gasteiger partial charge in [-0.15, -0.1) is 0 Å². The molecule has 0 aliphatic carbocycles. The fourth-order valence-electron chi connectivity index (χ4n) is 1.91. The minimum atomic E-state index is -1.49. The van der Waals surface area contributed by atoms with Crippen LogP contribution in [0.1, 0.15) is 26.7 Å². The van der Waals surface area contributed by atoms with Crippen LogP contribution in [0.2, 0.25) is 0 Å². The number of carboxylic acids is 1. The summed E-state index contributed by atoms with van der Waals surface area (Å²) in [5.74, 6) is -2.11. The number of hydrogen-bond donors (Lipinski definition) is 1. The van der Waals surface area contributed by atoms with Gasteiger partial charge in [0, 0.05) is 12.5 Å². The van der Waals surface area contributed by atoms with Crippen molar-refractivity contribution >= 4 is 11.9 Å². The van der Waals surface area contributed by atoms with Crippen LogP contribution >= 0.6 is 0 Å². The van der Waals surface area contributed by atoms with Gasteiger partial charge in [0.1, 0.15) is 0 Å². The van der Waals surface area contributed by atoms with Crippen LogP contribution in [0.25, 0.3) is 0 Å². The predicted molar refractivity (Wildman–Crippen MR) is 55.9 cm³/mol. The number of ether oxygens (including phenoxy) is 2. The molecule has 1 N–H and O–H groups in total. The molecular formula is C11H18O5. The van der Waals surface area contributed by atoms with Crippen molar-refractivity contribution in [3.8, 4) is 0 Å². The van der Waals surface area contributed by atoms with Crippen molar-refractivity contribution < 1.29 is 24.2 Å². The van der Waals surface area contributed by atoms with Gasteiger partial charge in [0.25, 0.3) is 0 Å². The van der Waals surface area contributed by atoms with Crippen molar-refractivity contribution in [2.24, 2.45) is 11.3 Å². The summed E-state index contributed by atoms with van der Waals surface area (Å²) in [5.41, 5.74) is -1.49. The van der Waals surface area contributed by atoms with Crippen molar-refractivity contribution in [1.29, 1.82) is 0 Å². The van der Waals surface area contributed by atoms with Crippen molar-refractivity contribution in [1.82, 2.24) is 0 Å². The van der Waals surface area contributed by atoms with Crippen LogP contribution in [-0.2, 0) is 19.1 Å². The molecule has 0 aromatic rings. The summed E-state index contributed by atoms with van der Waals surface area (Å²) in [6, 6.07) is 0. The third-order valence-corrected chi connectivity index (χ3v) is 3.12. The zero-order chi connectivity index (χ0) is 12.2.